The maximum absolute atomic E-state index is 11.5. The van der Waals surface area contributed by atoms with E-state index in [9.17, 15) is 14.7 Å². The molecule has 0 aliphatic rings. The zero-order valence-corrected chi connectivity index (χ0v) is 8.97. The van der Waals surface area contributed by atoms with E-state index in [-0.39, 0.29) is 5.75 Å². The van der Waals surface area contributed by atoms with Crippen LogP contribution in [-0.2, 0) is 14.3 Å². The molecule has 16 heavy (non-hydrogen) atoms. The van der Waals surface area contributed by atoms with Crippen molar-refractivity contribution in [2.45, 2.75) is 12.5 Å². The van der Waals surface area contributed by atoms with E-state index < -0.39 is 17.5 Å². The number of benzene rings is 1. The maximum atomic E-state index is 11.5. The summed E-state index contributed by atoms with van der Waals surface area (Å²) in [6.07, 6.45) is 0. The Morgan fingerprint density at radius 3 is 2.25 bits per heavy atom. The second-order valence-corrected chi connectivity index (χ2v) is 3.27. The van der Waals surface area contributed by atoms with Crippen molar-refractivity contribution in [1.29, 1.82) is 0 Å². The Balaban J connectivity index is 2.76. The number of ether oxygens (including phenoxy) is 2. The third-order valence-corrected chi connectivity index (χ3v) is 1.93. The fraction of sp³-hybridized carbons (Fsp3) is 0.273. The van der Waals surface area contributed by atoms with Crippen LogP contribution in [0.5, 0.6) is 5.75 Å². The van der Waals surface area contributed by atoms with Gasteiger partial charge in [-0.25, -0.2) is 9.59 Å². The number of hydrogen-bond donors (Lipinski definition) is 1. The predicted molar refractivity (Wildman–Crippen MR) is 54.7 cm³/mol. The topological polar surface area (TPSA) is 72.8 Å². The molecule has 1 aromatic carbocycles. The Labute approximate surface area is 92.6 Å². The van der Waals surface area contributed by atoms with Crippen LogP contribution in [-0.4, -0.2) is 29.8 Å². The van der Waals surface area contributed by atoms with Gasteiger partial charge in [0, 0.05) is 0 Å². The predicted octanol–water partition coefficient (Wildman–Crippen LogP) is 0.516. The lowest BCUT2D eigenvalue weighted by Crippen LogP contribution is -2.47. The zero-order chi connectivity index (χ0) is 12.2. The molecule has 86 valence electrons. The Bertz CT molecular complexity index is 383. The van der Waals surface area contributed by atoms with E-state index in [1.165, 1.54) is 12.1 Å². The summed E-state index contributed by atoms with van der Waals surface area (Å²) in [7, 11) is 1.08. The van der Waals surface area contributed by atoms with Crippen LogP contribution in [0.1, 0.15) is 6.92 Å². The van der Waals surface area contributed by atoms with E-state index in [1.54, 1.807) is 18.2 Å². The fourth-order valence-electron chi connectivity index (χ4n) is 0.977. The number of para-hydroxylation sites is 1. The van der Waals surface area contributed by atoms with Crippen LogP contribution in [0.25, 0.3) is 0 Å². The van der Waals surface area contributed by atoms with Crippen molar-refractivity contribution < 1.29 is 24.2 Å². The van der Waals surface area contributed by atoms with Crippen molar-refractivity contribution in [2.75, 3.05) is 7.11 Å². The van der Waals surface area contributed by atoms with Gasteiger partial charge < -0.3 is 14.6 Å². The van der Waals surface area contributed by atoms with Crippen molar-refractivity contribution in [3.05, 3.63) is 30.3 Å². The monoisotopic (exact) mass is 224 g/mol. The largest absolute Gasteiger partial charge is 0.466 e. The first-order chi connectivity index (χ1) is 7.48. The molecule has 0 heterocycles. The summed E-state index contributed by atoms with van der Waals surface area (Å²) in [6, 6.07) is 8.14. The van der Waals surface area contributed by atoms with Crippen LogP contribution < -0.4 is 4.74 Å². The highest BCUT2D eigenvalue weighted by molar-refractivity contribution is 6.03. The van der Waals surface area contributed by atoms with Crippen LogP contribution in [0.15, 0.2) is 30.3 Å². The van der Waals surface area contributed by atoms with Gasteiger partial charge in [0.1, 0.15) is 5.75 Å². The van der Waals surface area contributed by atoms with Crippen molar-refractivity contribution in [2.24, 2.45) is 0 Å². The Morgan fingerprint density at radius 1 is 1.19 bits per heavy atom. The highest BCUT2D eigenvalue weighted by atomic mass is 16.6. The molecule has 1 aromatic rings. The third kappa shape index (κ3) is 2.58. The molecule has 0 fully saturated rings. The number of esters is 2. The van der Waals surface area contributed by atoms with Crippen LogP contribution in [0.3, 0.4) is 0 Å². The molecule has 0 spiro atoms. The van der Waals surface area contributed by atoms with Gasteiger partial charge in [-0.15, -0.1) is 0 Å². The van der Waals surface area contributed by atoms with Crippen molar-refractivity contribution >= 4 is 11.9 Å². The zero-order valence-electron chi connectivity index (χ0n) is 8.97. The Kier molecular flexibility index (Phi) is 3.63. The molecule has 5 nitrogen and oxygen atoms in total. The highest BCUT2D eigenvalue weighted by Gasteiger charge is 2.42. The summed E-state index contributed by atoms with van der Waals surface area (Å²) in [5, 5.41) is 9.56. The molecule has 0 aliphatic heterocycles. The average molecular weight is 224 g/mol. The number of hydrogen-bond acceptors (Lipinski definition) is 5. The normalized spacial score (nSPS) is 13.7. The summed E-state index contributed by atoms with van der Waals surface area (Å²) in [5.41, 5.74) is -2.30. The number of methoxy groups -OCH3 is 1. The first-order valence-electron chi connectivity index (χ1n) is 4.56. The molecule has 1 rings (SSSR count). The van der Waals surface area contributed by atoms with Gasteiger partial charge in [-0.05, 0) is 19.1 Å². The molecular formula is C11H12O5. The quantitative estimate of drug-likeness (QED) is 0.460. The van der Waals surface area contributed by atoms with Gasteiger partial charge in [0.2, 0.25) is 0 Å². The Hall–Kier alpha value is -1.88. The molecule has 1 atom stereocenters. The molecule has 0 saturated carbocycles. The molecule has 0 aliphatic carbocycles. The summed E-state index contributed by atoms with van der Waals surface area (Å²) < 4.78 is 9.10. The van der Waals surface area contributed by atoms with Gasteiger partial charge in [0.15, 0.2) is 0 Å². The second kappa shape index (κ2) is 4.76. The highest BCUT2D eigenvalue weighted by Crippen LogP contribution is 2.14. The van der Waals surface area contributed by atoms with E-state index in [0.29, 0.717) is 0 Å². The number of carbonyl (C=O) groups excluding carboxylic acids is 2. The summed E-state index contributed by atoms with van der Waals surface area (Å²) >= 11 is 0. The third-order valence-electron chi connectivity index (χ3n) is 1.93. The van der Waals surface area contributed by atoms with Crippen LogP contribution in [0, 0.1) is 0 Å². The smallest absolute Gasteiger partial charge is 0.355 e. The number of aliphatic hydroxyl groups is 1. The maximum Gasteiger partial charge on any atom is 0.355 e. The summed E-state index contributed by atoms with van der Waals surface area (Å²) in [5.74, 6) is -1.89. The van der Waals surface area contributed by atoms with E-state index >= 15 is 0 Å². The average Bonchev–Trinajstić information content (AvgIpc) is 2.29. The molecule has 5 heteroatoms. The molecule has 0 aromatic heterocycles. The second-order valence-electron chi connectivity index (χ2n) is 3.27. The van der Waals surface area contributed by atoms with Gasteiger partial charge in [-0.3, -0.25) is 0 Å². The Morgan fingerprint density at radius 2 is 1.75 bits per heavy atom. The van der Waals surface area contributed by atoms with Gasteiger partial charge in [0.05, 0.1) is 7.11 Å². The van der Waals surface area contributed by atoms with Crippen molar-refractivity contribution in [3.8, 4) is 5.75 Å². The minimum absolute atomic E-state index is 0.247. The van der Waals surface area contributed by atoms with E-state index in [0.717, 1.165) is 14.0 Å². The molecule has 0 radical (unpaired) electrons. The van der Waals surface area contributed by atoms with Crippen molar-refractivity contribution in [1.82, 2.24) is 0 Å². The SMILES string of the molecule is COC(=O)C(C)(O)C(=O)Oc1ccccc1. The molecule has 1 N–H and O–H groups in total. The van der Waals surface area contributed by atoms with E-state index in [1.807, 2.05) is 0 Å². The van der Waals surface area contributed by atoms with Gasteiger partial charge in [0.25, 0.3) is 5.60 Å². The van der Waals surface area contributed by atoms with Crippen LogP contribution in [0.4, 0.5) is 0 Å². The lowest BCUT2D eigenvalue weighted by Gasteiger charge is -2.17. The summed E-state index contributed by atoms with van der Waals surface area (Å²) in [4.78, 5) is 22.6. The molecule has 0 amide bonds. The fourth-order valence-corrected chi connectivity index (χ4v) is 0.977. The van der Waals surface area contributed by atoms with E-state index in [4.69, 9.17) is 4.74 Å². The first kappa shape index (κ1) is 12.2. The van der Waals surface area contributed by atoms with Crippen LogP contribution >= 0.6 is 0 Å². The molecule has 0 bridgehead atoms. The van der Waals surface area contributed by atoms with E-state index in [2.05, 4.69) is 4.74 Å². The summed E-state index contributed by atoms with van der Waals surface area (Å²) in [6.45, 7) is 1.02. The lowest BCUT2D eigenvalue weighted by molar-refractivity contribution is -0.174. The van der Waals surface area contributed by atoms with Gasteiger partial charge >= 0.3 is 11.9 Å². The standard InChI is InChI=1S/C11H12O5/c1-11(14,9(12)15-2)10(13)16-8-6-4-3-5-7-8/h3-7,14H,1-2H3. The van der Waals surface area contributed by atoms with Gasteiger partial charge in [-0.1, -0.05) is 18.2 Å². The molecular weight excluding hydrogens is 212 g/mol. The van der Waals surface area contributed by atoms with Gasteiger partial charge in [-0.2, -0.15) is 0 Å². The number of carbonyl (C=O) groups is 2. The first-order valence-corrected chi connectivity index (χ1v) is 4.56. The minimum atomic E-state index is -2.30. The van der Waals surface area contributed by atoms with Crippen molar-refractivity contribution in [3.63, 3.8) is 0 Å². The van der Waals surface area contributed by atoms with Crippen LogP contribution in [0.2, 0.25) is 0 Å². The number of rotatable bonds is 3. The molecule has 1 unspecified atom stereocenters. The molecule has 0 saturated heterocycles. The lowest BCUT2D eigenvalue weighted by atomic mass is 10.1. The minimum Gasteiger partial charge on any atom is -0.466 e.